The van der Waals surface area contributed by atoms with E-state index in [9.17, 15) is 4.79 Å². The fraction of sp³-hybridized carbons (Fsp3) is 0.588. The van der Waals surface area contributed by atoms with E-state index in [0.29, 0.717) is 17.9 Å². The first-order valence-corrected chi connectivity index (χ1v) is 7.77. The summed E-state index contributed by atoms with van der Waals surface area (Å²) in [7, 11) is 0. The monoisotopic (exact) mass is 272 g/mol. The van der Waals surface area contributed by atoms with Gasteiger partial charge < -0.3 is 10.2 Å². The molecule has 0 radical (unpaired) electrons. The topological polar surface area (TPSA) is 32.3 Å². The lowest BCUT2D eigenvalue weighted by atomic mass is 9.94. The van der Waals surface area contributed by atoms with Crippen LogP contribution in [0.25, 0.3) is 0 Å². The lowest BCUT2D eigenvalue weighted by Crippen LogP contribution is -2.51. The highest BCUT2D eigenvalue weighted by molar-refractivity contribution is 5.83. The number of nitrogens with one attached hydrogen (secondary N) is 1. The second-order valence-electron chi connectivity index (χ2n) is 6.39. The van der Waals surface area contributed by atoms with E-state index in [1.807, 2.05) is 0 Å². The average molecular weight is 272 g/mol. The lowest BCUT2D eigenvalue weighted by Gasteiger charge is -2.33. The standard InChI is InChI=1S/C17H24N2O/c1-12(2)16-8-5-9-19(16)17(20)15-10-13-6-3-4-7-14(13)11-18-15/h3-4,6-7,12,15-16,18H,5,8-11H2,1-2H3/t15-,16?/m0/s1. The first kappa shape index (κ1) is 13.6. The molecule has 2 aliphatic heterocycles. The zero-order valence-electron chi connectivity index (χ0n) is 12.4. The molecule has 3 nitrogen and oxygen atoms in total. The van der Waals surface area contributed by atoms with Crippen molar-refractivity contribution < 1.29 is 4.79 Å². The zero-order chi connectivity index (χ0) is 14.1. The van der Waals surface area contributed by atoms with Gasteiger partial charge in [-0.1, -0.05) is 38.1 Å². The van der Waals surface area contributed by atoms with Crippen molar-refractivity contribution in [2.75, 3.05) is 6.54 Å². The van der Waals surface area contributed by atoms with Gasteiger partial charge in [-0.05, 0) is 36.3 Å². The van der Waals surface area contributed by atoms with Crippen LogP contribution < -0.4 is 5.32 Å². The Morgan fingerprint density at radius 2 is 2.05 bits per heavy atom. The Morgan fingerprint density at radius 3 is 2.80 bits per heavy atom. The molecule has 1 unspecified atom stereocenters. The van der Waals surface area contributed by atoms with Crippen molar-refractivity contribution in [3.05, 3.63) is 35.4 Å². The van der Waals surface area contributed by atoms with Crippen molar-refractivity contribution in [1.82, 2.24) is 10.2 Å². The summed E-state index contributed by atoms with van der Waals surface area (Å²) in [6.45, 7) is 6.19. The molecular formula is C17H24N2O. The molecule has 3 heteroatoms. The summed E-state index contributed by atoms with van der Waals surface area (Å²) in [5.41, 5.74) is 2.66. The second-order valence-corrected chi connectivity index (χ2v) is 6.39. The third-order valence-corrected chi connectivity index (χ3v) is 4.73. The van der Waals surface area contributed by atoms with Crippen LogP contribution in [0.3, 0.4) is 0 Å². The normalized spacial score (nSPS) is 25.9. The Kier molecular flexibility index (Phi) is 3.79. The number of carbonyl (C=O) groups is 1. The number of carbonyl (C=O) groups excluding carboxylic acids is 1. The van der Waals surface area contributed by atoms with Crippen LogP contribution in [0.5, 0.6) is 0 Å². The van der Waals surface area contributed by atoms with Gasteiger partial charge in [-0.2, -0.15) is 0 Å². The van der Waals surface area contributed by atoms with E-state index >= 15 is 0 Å². The SMILES string of the molecule is CC(C)C1CCCN1C(=O)[C@@H]1Cc2ccccc2CN1. The van der Waals surface area contributed by atoms with Gasteiger partial charge in [0.15, 0.2) is 0 Å². The van der Waals surface area contributed by atoms with E-state index in [1.54, 1.807) is 0 Å². The summed E-state index contributed by atoms with van der Waals surface area (Å²) < 4.78 is 0. The van der Waals surface area contributed by atoms with Crippen molar-refractivity contribution in [1.29, 1.82) is 0 Å². The lowest BCUT2D eigenvalue weighted by molar-refractivity contribution is -0.135. The molecule has 1 fully saturated rings. The predicted molar refractivity (Wildman–Crippen MR) is 80.3 cm³/mol. The van der Waals surface area contributed by atoms with Gasteiger partial charge in [0.2, 0.25) is 5.91 Å². The van der Waals surface area contributed by atoms with Gasteiger partial charge >= 0.3 is 0 Å². The minimum absolute atomic E-state index is 0.0377. The second kappa shape index (κ2) is 5.57. The summed E-state index contributed by atoms with van der Waals surface area (Å²) in [4.78, 5) is 14.9. The Morgan fingerprint density at radius 1 is 1.30 bits per heavy atom. The van der Waals surface area contributed by atoms with Gasteiger partial charge in [0.25, 0.3) is 0 Å². The highest BCUT2D eigenvalue weighted by atomic mass is 16.2. The van der Waals surface area contributed by atoms with Crippen LogP contribution in [0, 0.1) is 5.92 Å². The minimum Gasteiger partial charge on any atom is -0.338 e. The fourth-order valence-electron chi connectivity index (χ4n) is 3.59. The molecule has 1 aromatic rings. The molecule has 0 aliphatic carbocycles. The maximum absolute atomic E-state index is 12.8. The third-order valence-electron chi connectivity index (χ3n) is 4.73. The van der Waals surface area contributed by atoms with E-state index in [4.69, 9.17) is 0 Å². The maximum atomic E-state index is 12.8. The van der Waals surface area contributed by atoms with Crippen LogP contribution in [0.4, 0.5) is 0 Å². The molecular weight excluding hydrogens is 248 g/mol. The molecule has 3 rings (SSSR count). The highest BCUT2D eigenvalue weighted by Crippen LogP contribution is 2.26. The highest BCUT2D eigenvalue weighted by Gasteiger charge is 2.35. The van der Waals surface area contributed by atoms with E-state index in [0.717, 1.165) is 32.4 Å². The van der Waals surface area contributed by atoms with Crippen molar-refractivity contribution in [2.45, 2.75) is 51.7 Å². The molecule has 0 bridgehead atoms. The summed E-state index contributed by atoms with van der Waals surface area (Å²) in [5, 5.41) is 3.42. The molecule has 1 saturated heterocycles. The Labute approximate surface area is 121 Å². The predicted octanol–water partition coefficient (Wildman–Crippen LogP) is 2.35. The van der Waals surface area contributed by atoms with Crippen molar-refractivity contribution in [3.8, 4) is 0 Å². The number of benzene rings is 1. The maximum Gasteiger partial charge on any atom is 0.240 e. The quantitative estimate of drug-likeness (QED) is 0.896. The van der Waals surface area contributed by atoms with Crippen molar-refractivity contribution >= 4 is 5.91 Å². The number of likely N-dealkylation sites (tertiary alicyclic amines) is 1. The summed E-state index contributed by atoms with van der Waals surface area (Å²) in [5.74, 6) is 0.855. The molecule has 1 N–H and O–H groups in total. The zero-order valence-corrected chi connectivity index (χ0v) is 12.4. The molecule has 2 aliphatic rings. The molecule has 1 aromatic carbocycles. The minimum atomic E-state index is -0.0377. The molecule has 1 amide bonds. The average Bonchev–Trinajstić information content (AvgIpc) is 2.95. The van der Waals surface area contributed by atoms with Gasteiger partial charge in [-0.15, -0.1) is 0 Å². The van der Waals surface area contributed by atoms with Crippen LogP contribution in [0.2, 0.25) is 0 Å². The van der Waals surface area contributed by atoms with Gasteiger partial charge in [-0.3, -0.25) is 4.79 Å². The van der Waals surface area contributed by atoms with Crippen LogP contribution in [-0.2, 0) is 17.8 Å². The first-order valence-electron chi connectivity index (χ1n) is 7.77. The number of rotatable bonds is 2. The number of hydrogen-bond donors (Lipinski definition) is 1. The number of fused-ring (bicyclic) bond motifs is 1. The molecule has 0 saturated carbocycles. The van der Waals surface area contributed by atoms with Crippen LogP contribution in [0.15, 0.2) is 24.3 Å². The molecule has 20 heavy (non-hydrogen) atoms. The van der Waals surface area contributed by atoms with E-state index < -0.39 is 0 Å². The van der Waals surface area contributed by atoms with Gasteiger partial charge in [0, 0.05) is 19.1 Å². The van der Waals surface area contributed by atoms with E-state index in [-0.39, 0.29) is 6.04 Å². The first-order chi connectivity index (χ1) is 9.66. The molecule has 2 heterocycles. The molecule has 0 aromatic heterocycles. The molecule has 2 atom stereocenters. The smallest absolute Gasteiger partial charge is 0.240 e. The van der Waals surface area contributed by atoms with Gasteiger partial charge in [0.1, 0.15) is 0 Å². The molecule has 0 spiro atoms. The van der Waals surface area contributed by atoms with Gasteiger partial charge in [-0.25, -0.2) is 0 Å². The Hall–Kier alpha value is -1.35. The summed E-state index contributed by atoms with van der Waals surface area (Å²) >= 11 is 0. The number of nitrogens with zero attached hydrogens (tertiary/aromatic N) is 1. The van der Waals surface area contributed by atoms with Crippen LogP contribution in [0.1, 0.15) is 37.8 Å². The van der Waals surface area contributed by atoms with Crippen LogP contribution >= 0.6 is 0 Å². The van der Waals surface area contributed by atoms with Crippen LogP contribution in [-0.4, -0.2) is 29.4 Å². The Bertz CT molecular complexity index is 498. The Balaban J connectivity index is 1.73. The fourth-order valence-corrected chi connectivity index (χ4v) is 3.59. The van der Waals surface area contributed by atoms with E-state index in [2.05, 4.69) is 48.3 Å². The number of amides is 1. The van der Waals surface area contributed by atoms with Crippen molar-refractivity contribution in [3.63, 3.8) is 0 Å². The largest absolute Gasteiger partial charge is 0.338 e. The molecule has 108 valence electrons. The van der Waals surface area contributed by atoms with Gasteiger partial charge in [0.05, 0.1) is 6.04 Å². The summed E-state index contributed by atoms with van der Waals surface area (Å²) in [6, 6.07) is 8.83. The van der Waals surface area contributed by atoms with E-state index in [1.165, 1.54) is 11.1 Å². The summed E-state index contributed by atoms with van der Waals surface area (Å²) in [6.07, 6.45) is 3.14. The van der Waals surface area contributed by atoms with Crippen molar-refractivity contribution in [2.24, 2.45) is 5.92 Å². The third kappa shape index (κ3) is 2.47. The number of hydrogen-bond acceptors (Lipinski definition) is 2.